The van der Waals surface area contributed by atoms with Crippen LogP contribution in [0.1, 0.15) is 16.2 Å². The van der Waals surface area contributed by atoms with Gasteiger partial charge in [-0.3, -0.25) is 4.79 Å². The Morgan fingerprint density at radius 1 is 0.857 bits per heavy atom. The molecule has 0 aliphatic rings. The second-order valence-corrected chi connectivity index (χ2v) is 6.58. The van der Waals surface area contributed by atoms with Gasteiger partial charge in [-0.25, -0.2) is 9.97 Å². The van der Waals surface area contributed by atoms with Gasteiger partial charge in [-0.2, -0.15) is 4.98 Å². The van der Waals surface area contributed by atoms with E-state index < -0.39 is 0 Å². The van der Waals surface area contributed by atoms with Crippen LogP contribution in [0, 0.1) is 6.92 Å². The molecule has 1 N–H and O–H groups in total. The zero-order valence-corrected chi connectivity index (χ0v) is 15.4. The number of benzene rings is 3. The number of amides is 1. The molecule has 0 bridgehead atoms. The first-order chi connectivity index (χ1) is 13.7. The average Bonchev–Trinajstić information content (AvgIpc) is 2.72. The van der Waals surface area contributed by atoms with E-state index in [9.17, 15) is 4.79 Å². The third-order valence-electron chi connectivity index (χ3n) is 4.84. The molecule has 136 valence electrons. The molecule has 2 aromatic heterocycles. The molecule has 0 saturated carbocycles. The maximum atomic E-state index is 12.7. The van der Waals surface area contributed by atoms with Crippen LogP contribution < -0.4 is 10.1 Å². The summed E-state index contributed by atoms with van der Waals surface area (Å²) in [7, 11) is 1.57. The lowest BCUT2D eigenvalue weighted by atomic mass is 9.99. The standard InChI is InChI=1S/C22H16N4O2/c1-12-23-16-10-8-14-18-15(9-11-17(24-12)19(16)18)22(28-2)26-20(14)25-21(27)13-6-4-3-5-7-13/h3-11H,1-2H3,(H,25,26,27). The van der Waals surface area contributed by atoms with Crippen LogP contribution in [0.2, 0.25) is 0 Å². The van der Waals surface area contributed by atoms with Crippen molar-refractivity contribution in [2.24, 2.45) is 0 Å². The number of nitrogens with one attached hydrogen (secondary N) is 1. The van der Waals surface area contributed by atoms with Crippen molar-refractivity contribution in [3.63, 3.8) is 0 Å². The van der Waals surface area contributed by atoms with Crippen LogP contribution in [0.15, 0.2) is 54.6 Å². The number of nitrogens with zero attached hydrogens (tertiary/aromatic N) is 3. The van der Waals surface area contributed by atoms with Crippen LogP contribution in [0.4, 0.5) is 5.82 Å². The summed E-state index contributed by atoms with van der Waals surface area (Å²) in [5.41, 5.74) is 2.27. The highest BCUT2D eigenvalue weighted by Crippen LogP contribution is 2.39. The second-order valence-electron chi connectivity index (χ2n) is 6.58. The number of pyridine rings is 1. The number of hydrogen-bond acceptors (Lipinski definition) is 5. The second kappa shape index (κ2) is 6.13. The summed E-state index contributed by atoms with van der Waals surface area (Å²) < 4.78 is 5.52. The fourth-order valence-corrected chi connectivity index (χ4v) is 3.64. The van der Waals surface area contributed by atoms with Crippen LogP contribution >= 0.6 is 0 Å². The van der Waals surface area contributed by atoms with Gasteiger partial charge in [0, 0.05) is 27.1 Å². The molecule has 0 aliphatic carbocycles. The molecule has 0 atom stereocenters. The highest BCUT2D eigenvalue weighted by atomic mass is 16.5. The van der Waals surface area contributed by atoms with E-state index in [2.05, 4.69) is 20.3 Å². The average molecular weight is 368 g/mol. The number of carbonyl (C=O) groups excluding carboxylic acids is 1. The molecule has 28 heavy (non-hydrogen) atoms. The first kappa shape index (κ1) is 16.4. The minimum absolute atomic E-state index is 0.225. The Morgan fingerprint density at radius 3 is 2.21 bits per heavy atom. The van der Waals surface area contributed by atoms with Crippen molar-refractivity contribution in [1.29, 1.82) is 0 Å². The van der Waals surface area contributed by atoms with E-state index in [-0.39, 0.29) is 5.91 Å². The van der Waals surface area contributed by atoms with Gasteiger partial charge >= 0.3 is 0 Å². The maximum Gasteiger partial charge on any atom is 0.256 e. The Bertz CT molecular complexity index is 1330. The Labute approximate surface area is 160 Å². The van der Waals surface area contributed by atoms with E-state index >= 15 is 0 Å². The Hall–Kier alpha value is -3.80. The van der Waals surface area contributed by atoms with E-state index in [1.54, 1.807) is 19.2 Å². The van der Waals surface area contributed by atoms with Crippen molar-refractivity contribution in [2.75, 3.05) is 12.4 Å². The SMILES string of the molecule is COc1nc(NC(=O)c2ccccc2)c2ccc3nc(C)nc4ccc1c2c34. The van der Waals surface area contributed by atoms with Crippen LogP contribution in [-0.2, 0) is 0 Å². The van der Waals surface area contributed by atoms with Gasteiger partial charge in [0.25, 0.3) is 5.91 Å². The summed E-state index contributed by atoms with van der Waals surface area (Å²) >= 11 is 0. The van der Waals surface area contributed by atoms with Gasteiger partial charge in [-0.1, -0.05) is 18.2 Å². The van der Waals surface area contributed by atoms with Crippen molar-refractivity contribution in [2.45, 2.75) is 6.92 Å². The van der Waals surface area contributed by atoms with E-state index in [1.165, 1.54) is 0 Å². The van der Waals surface area contributed by atoms with Gasteiger partial charge < -0.3 is 10.1 Å². The molecule has 0 radical (unpaired) electrons. The number of ether oxygens (including phenoxy) is 1. The molecule has 0 saturated heterocycles. The third kappa shape index (κ3) is 2.42. The lowest BCUT2D eigenvalue weighted by molar-refractivity contribution is 0.102. The molecular formula is C22H16N4O2. The molecule has 0 spiro atoms. The predicted octanol–water partition coefficient (Wildman–Crippen LogP) is 4.34. The van der Waals surface area contributed by atoms with E-state index in [4.69, 9.17) is 4.74 Å². The molecule has 2 heterocycles. The molecule has 3 aromatic carbocycles. The van der Waals surface area contributed by atoms with Gasteiger partial charge in [0.1, 0.15) is 11.6 Å². The number of methoxy groups -OCH3 is 1. The van der Waals surface area contributed by atoms with Crippen molar-refractivity contribution in [3.8, 4) is 5.88 Å². The normalized spacial score (nSPS) is 11.4. The first-order valence-electron chi connectivity index (χ1n) is 8.89. The van der Waals surface area contributed by atoms with Crippen molar-refractivity contribution in [1.82, 2.24) is 15.0 Å². The van der Waals surface area contributed by atoms with Crippen LogP contribution in [-0.4, -0.2) is 28.0 Å². The third-order valence-corrected chi connectivity index (χ3v) is 4.84. The topological polar surface area (TPSA) is 77.0 Å². The van der Waals surface area contributed by atoms with Crippen molar-refractivity contribution < 1.29 is 9.53 Å². The minimum Gasteiger partial charge on any atom is -0.480 e. The number of anilines is 1. The summed E-state index contributed by atoms with van der Waals surface area (Å²) in [4.78, 5) is 26.4. The highest BCUT2D eigenvalue weighted by molar-refractivity contribution is 6.25. The quantitative estimate of drug-likeness (QED) is 0.480. The summed E-state index contributed by atoms with van der Waals surface area (Å²) in [5, 5.41) is 6.49. The Morgan fingerprint density at radius 2 is 1.54 bits per heavy atom. The molecule has 1 amide bonds. The van der Waals surface area contributed by atoms with E-state index in [0.717, 1.165) is 32.6 Å². The largest absolute Gasteiger partial charge is 0.480 e. The number of aryl methyl sites for hydroxylation is 1. The van der Waals surface area contributed by atoms with Gasteiger partial charge in [0.15, 0.2) is 0 Å². The molecule has 0 aliphatic heterocycles. The molecule has 0 unspecified atom stereocenters. The van der Waals surface area contributed by atoms with E-state index in [0.29, 0.717) is 23.1 Å². The maximum absolute atomic E-state index is 12.7. The van der Waals surface area contributed by atoms with Crippen molar-refractivity contribution in [3.05, 3.63) is 66.0 Å². The zero-order valence-electron chi connectivity index (χ0n) is 15.4. The van der Waals surface area contributed by atoms with Gasteiger partial charge in [-0.05, 0) is 43.3 Å². The Kier molecular flexibility index (Phi) is 3.58. The molecule has 0 fully saturated rings. The van der Waals surface area contributed by atoms with E-state index in [1.807, 2.05) is 49.4 Å². The monoisotopic (exact) mass is 368 g/mol. The lowest BCUT2D eigenvalue weighted by Crippen LogP contribution is -2.13. The van der Waals surface area contributed by atoms with Crippen LogP contribution in [0.25, 0.3) is 32.6 Å². The minimum atomic E-state index is -0.225. The number of hydrogen-bond donors (Lipinski definition) is 1. The summed E-state index contributed by atoms with van der Waals surface area (Å²) in [6, 6.07) is 16.8. The fourth-order valence-electron chi connectivity index (χ4n) is 3.64. The lowest BCUT2D eigenvalue weighted by Gasteiger charge is -2.15. The molecule has 5 rings (SSSR count). The number of carbonyl (C=O) groups is 1. The van der Waals surface area contributed by atoms with Crippen LogP contribution in [0.5, 0.6) is 5.88 Å². The summed E-state index contributed by atoms with van der Waals surface area (Å²) in [5.74, 6) is 1.39. The number of aromatic nitrogens is 3. The highest BCUT2D eigenvalue weighted by Gasteiger charge is 2.19. The Balaban J connectivity index is 1.79. The summed E-state index contributed by atoms with van der Waals surface area (Å²) in [6.07, 6.45) is 0. The van der Waals surface area contributed by atoms with Gasteiger partial charge in [0.2, 0.25) is 5.88 Å². The smallest absolute Gasteiger partial charge is 0.256 e. The summed E-state index contributed by atoms with van der Waals surface area (Å²) in [6.45, 7) is 1.88. The fraction of sp³-hybridized carbons (Fsp3) is 0.0909. The van der Waals surface area contributed by atoms with Gasteiger partial charge in [-0.15, -0.1) is 0 Å². The number of rotatable bonds is 3. The predicted molar refractivity (Wildman–Crippen MR) is 109 cm³/mol. The zero-order chi connectivity index (χ0) is 19.3. The van der Waals surface area contributed by atoms with Gasteiger partial charge in [0.05, 0.1) is 18.1 Å². The molecule has 5 aromatic rings. The first-order valence-corrected chi connectivity index (χ1v) is 8.89. The molecule has 6 heteroatoms. The van der Waals surface area contributed by atoms with Crippen molar-refractivity contribution >= 4 is 44.3 Å². The molecule has 6 nitrogen and oxygen atoms in total. The van der Waals surface area contributed by atoms with Crippen LogP contribution in [0.3, 0.4) is 0 Å². The molecular weight excluding hydrogens is 352 g/mol.